The van der Waals surface area contributed by atoms with Gasteiger partial charge in [0.1, 0.15) is 0 Å². The molecule has 0 bridgehead atoms. The van der Waals surface area contributed by atoms with Crippen molar-refractivity contribution in [2.24, 2.45) is 0 Å². The van der Waals surface area contributed by atoms with E-state index in [2.05, 4.69) is 4.74 Å². The van der Waals surface area contributed by atoms with Crippen molar-refractivity contribution in [2.45, 2.75) is 31.1 Å². The molecule has 0 spiro atoms. The molecule has 1 rings (SSSR count). The minimum Gasteiger partial charge on any atom is -0.469 e. The number of benzene rings is 1. The predicted octanol–water partition coefficient (Wildman–Crippen LogP) is 2.58. The number of thioether (sulfide) groups is 1. The molecule has 0 saturated carbocycles. The summed E-state index contributed by atoms with van der Waals surface area (Å²) >= 11 is 1.57. The van der Waals surface area contributed by atoms with Gasteiger partial charge in [-0.1, -0.05) is 37.3 Å². The minimum absolute atomic E-state index is 0.132. The first-order valence-corrected chi connectivity index (χ1v) is 6.97. The Kier molecular flexibility index (Phi) is 5.69. The number of carbonyl (C=O) groups is 1. The van der Waals surface area contributed by atoms with Crippen LogP contribution in [0, 0.1) is 0 Å². The van der Waals surface area contributed by atoms with E-state index in [1.165, 1.54) is 7.11 Å². The van der Waals surface area contributed by atoms with Gasteiger partial charge >= 0.3 is 5.97 Å². The number of esters is 1. The van der Waals surface area contributed by atoms with Gasteiger partial charge in [-0.25, -0.2) is 0 Å². The largest absolute Gasteiger partial charge is 0.469 e. The molecule has 0 amide bonds. The topological polar surface area (TPSA) is 46.5 Å². The van der Waals surface area contributed by atoms with E-state index in [9.17, 15) is 9.90 Å². The first-order valence-electron chi connectivity index (χ1n) is 5.92. The summed E-state index contributed by atoms with van der Waals surface area (Å²) in [5.41, 5.74) is 0.0128. The molecule has 0 heterocycles. The van der Waals surface area contributed by atoms with Gasteiger partial charge in [0.25, 0.3) is 0 Å². The Balaban J connectivity index is 2.49. The highest BCUT2D eigenvalue weighted by atomic mass is 32.2. The fourth-order valence-corrected chi connectivity index (χ4v) is 2.59. The molecule has 0 aliphatic rings. The van der Waals surface area contributed by atoms with Crippen LogP contribution < -0.4 is 0 Å². The molecule has 2 unspecified atom stereocenters. The summed E-state index contributed by atoms with van der Waals surface area (Å²) in [6.45, 7) is 3.75. The second-order valence-electron chi connectivity index (χ2n) is 4.54. The van der Waals surface area contributed by atoms with Crippen molar-refractivity contribution in [3.8, 4) is 0 Å². The zero-order chi connectivity index (χ0) is 13.6. The molecule has 18 heavy (non-hydrogen) atoms. The van der Waals surface area contributed by atoms with Crippen LogP contribution in [0.5, 0.6) is 0 Å². The Labute approximate surface area is 113 Å². The molecule has 2 atom stereocenters. The summed E-state index contributed by atoms with van der Waals surface area (Å²) in [5.74, 6) is 0.337. The smallest absolute Gasteiger partial charge is 0.306 e. The summed E-state index contributed by atoms with van der Waals surface area (Å²) in [7, 11) is 1.39. The third-order valence-corrected chi connectivity index (χ3v) is 4.19. The van der Waals surface area contributed by atoms with E-state index < -0.39 is 5.60 Å². The lowest BCUT2D eigenvalue weighted by Gasteiger charge is -2.25. The van der Waals surface area contributed by atoms with Crippen molar-refractivity contribution < 1.29 is 14.6 Å². The summed E-state index contributed by atoms with van der Waals surface area (Å²) in [6.07, 6.45) is 0.367. The summed E-state index contributed by atoms with van der Waals surface area (Å²) in [4.78, 5) is 11.1. The second kappa shape index (κ2) is 6.81. The molecule has 0 aliphatic heterocycles. The van der Waals surface area contributed by atoms with E-state index in [1.54, 1.807) is 18.7 Å². The minimum atomic E-state index is -0.879. The van der Waals surface area contributed by atoms with E-state index in [0.717, 1.165) is 5.56 Å². The summed E-state index contributed by atoms with van der Waals surface area (Å²) < 4.78 is 4.62. The van der Waals surface area contributed by atoms with Crippen molar-refractivity contribution in [1.82, 2.24) is 0 Å². The fraction of sp³-hybridized carbons (Fsp3) is 0.500. The van der Waals surface area contributed by atoms with E-state index in [1.807, 2.05) is 37.3 Å². The molecule has 100 valence electrons. The number of aliphatic hydroxyl groups is 1. The fourth-order valence-electron chi connectivity index (χ4n) is 1.56. The van der Waals surface area contributed by atoms with Crippen LogP contribution in [0.1, 0.15) is 25.8 Å². The zero-order valence-corrected chi connectivity index (χ0v) is 11.9. The summed E-state index contributed by atoms with van der Waals surface area (Å²) in [6, 6.07) is 9.56. The molecule has 0 saturated heterocycles. The lowest BCUT2D eigenvalue weighted by molar-refractivity contribution is -0.140. The Bertz CT molecular complexity index is 376. The highest BCUT2D eigenvalue weighted by Gasteiger charge is 2.24. The Hall–Kier alpha value is -1.00. The number of hydrogen-bond donors (Lipinski definition) is 1. The first kappa shape index (κ1) is 15.1. The number of ether oxygens (including phenoxy) is 1. The van der Waals surface area contributed by atoms with Crippen molar-refractivity contribution >= 4 is 17.7 Å². The molecule has 1 aromatic rings. The average molecular weight is 268 g/mol. The van der Waals surface area contributed by atoms with Gasteiger partial charge in [-0.15, -0.1) is 0 Å². The quantitative estimate of drug-likeness (QED) is 0.806. The molecule has 3 nitrogen and oxygen atoms in total. The zero-order valence-electron chi connectivity index (χ0n) is 11.1. The van der Waals surface area contributed by atoms with E-state index in [4.69, 9.17) is 0 Å². The van der Waals surface area contributed by atoms with E-state index >= 15 is 0 Å². The third kappa shape index (κ3) is 4.70. The molecule has 0 aromatic heterocycles. The molecule has 0 fully saturated rings. The highest BCUT2D eigenvalue weighted by Crippen LogP contribution is 2.28. The molecule has 0 radical (unpaired) electrons. The van der Waals surface area contributed by atoms with E-state index in [0.29, 0.717) is 12.2 Å². The van der Waals surface area contributed by atoms with Crippen LogP contribution in [0.2, 0.25) is 0 Å². The Morgan fingerprint density at radius 3 is 2.61 bits per heavy atom. The average Bonchev–Trinajstić information content (AvgIpc) is 2.37. The van der Waals surface area contributed by atoms with Gasteiger partial charge in [0.15, 0.2) is 0 Å². The third-order valence-electron chi connectivity index (χ3n) is 2.73. The summed E-state index contributed by atoms with van der Waals surface area (Å²) in [5, 5.41) is 10.5. The van der Waals surface area contributed by atoms with Gasteiger partial charge in [-0.2, -0.15) is 11.8 Å². The number of hydrogen-bond acceptors (Lipinski definition) is 4. The lowest BCUT2D eigenvalue weighted by Crippen LogP contribution is -2.25. The van der Waals surface area contributed by atoms with Crippen molar-refractivity contribution in [1.29, 1.82) is 0 Å². The van der Waals surface area contributed by atoms with Crippen LogP contribution in [0.25, 0.3) is 0 Å². The Morgan fingerprint density at radius 1 is 1.44 bits per heavy atom. The number of methoxy groups -OCH3 is 1. The SMILES string of the molecule is COC(=O)CC(C)SCC(C)(O)c1ccccc1. The molecule has 0 aliphatic carbocycles. The second-order valence-corrected chi connectivity index (χ2v) is 5.97. The van der Waals surface area contributed by atoms with Gasteiger partial charge in [-0.3, -0.25) is 4.79 Å². The van der Waals surface area contributed by atoms with Crippen LogP contribution in [0.4, 0.5) is 0 Å². The lowest BCUT2D eigenvalue weighted by atomic mass is 9.99. The van der Waals surface area contributed by atoms with Crippen molar-refractivity contribution in [3.63, 3.8) is 0 Å². The number of carbonyl (C=O) groups excluding carboxylic acids is 1. The predicted molar refractivity (Wildman–Crippen MR) is 74.6 cm³/mol. The van der Waals surface area contributed by atoms with Gasteiger partial charge in [0.05, 0.1) is 19.1 Å². The molecular formula is C14H20O3S. The Morgan fingerprint density at radius 2 is 2.06 bits per heavy atom. The first-order chi connectivity index (χ1) is 8.45. The monoisotopic (exact) mass is 268 g/mol. The van der Waals surface area contributed by atoms with Crippen molar-refractivity contribution in [3.05, 3.63) is 35.9 Å². The van der Waals surface area contributed by atoms with Crippen LogP contribution in [-0.4, -0.2) is 29.2 Å². The van der Waals surface area contributed by atoms with Crippen molar-refractivity contribution in [2.75, 3.05) is 12.9 Å². The van der Waals surface area contributed by atoms with Crippen LogP contribution in [-0.2, 0) is 15.1 Å². The van der Waals surface area contributed by atoms with E-state index in [-0.39, 0.29) is 11.2 Å². The molecule has 4 heteroatoms. The molecule has 1 aromatic carbocycles. The standard InChI is InChI=1S/C14H20O3S/c1-11(9-13(15)17-3)18-10-14(2,16)12-7-5-4-6-8-12/h4-8,11,16H,9-10H2,1-3H3. The van der Waals surface area contributed by atoms with Crippen LogP contribution in [0.15, 0.2) is 30.3 Å². The maximum Gasteiger partial charge on any atom is 0.306 e. The number of rotatable bonds is 6. The van der Waals surface area contributed by atoms with Gasteiger partial charge in [0.2, 0.25) is 0 Å². The highest BCUT2D eigenvalue weighted by molar-refractivity contribution is 7.99. The van der Waals surface area contributed by atoms with Gasteiger partial charge < -0.3 is 9.84 Å². The van der Waals surface area contributed by atoms with Gasteiger partial charge in [0, 0.05) is 11.0 Å². The normalized spacial score (nSPS) is 15.8. The molecular weight excluding hydrogens is 248 g/mol. The van der Waals surface area contributed by atoms with Gasteiger partial charge in [-0.05, 0) is 12.5 Å². The van der Waals surface area contributed by atoms with Crippen LogP contribution in [0.3, 0.4) is 0 Å². The maximum absolute atomic E-state index is 11.1. The maximum atomic E-state index is 11.1. The molecule has 1 N–H and O–H groups in total. The van der Waals surface area contributed by atoms with Crippen LogP contribution >= 0.6 is 11.8 Å².